The third-order valence-corrected chi connectivity index (χ3v) is 2.20. The van der Waals surface area contributed by atoms with Crippen LogP contribution in [0.4, 0.5) is 5.95 Å². The second-order valence-electron chi connectivity index (χ2n) is 3.24. The van der Waals surface area contributed by atoms with Crippen LogP contribution in [0.15, 0.2) is 12.3 Å². The average molecular weight is 224 g/mol. The molecule has 0 bridgehead atoms. The van der Waals surface area contributed by atoms with Crippen molar-refractivity contribution < 1.29 is 0 Å². The summed E-state index contributed by atoms with van der Waals surface area (Å²) in [6.07, 6.45) is 1.87. The number of anilines is 1. The van der Waals surface area contributed by atoms with E-state index in [2.05, 4.69) is 15.1 Å². The third kappa shape index (κ3) is 1.92. The van der Waals surface area contributed by atoms with Gasteiger partial charge in [0.05, 0.1) is 11.4 Å². The molecule has 0 amide bonds. The summed E-state index contributed by atoms with van der Waals surface area (Å²) >= 11 is 5.80. The van der Waals surface area contributed by atoms with Crippen molar-refractivity contribution in [3.05, 3.63) is 23.1 Å². The molecule has 0 spiro atoms. The molecule has 0 aliphatic heterocycles. The summed E-state index contributed by atoms with van der Waals surface area (Å²) < 4.78 is 1.72. The highest BCUT2D eigenvalue weighted by atomic mass is 35.5. The Morgan fingerprint density at radius 2 is 2.13 bits per heavy atom. The number of halogens is 1. The van der Waals surface area contributed by atoms with E-state index in [1.54, 1.807) is 10.7 Å². The summed E-state index contributed by atoms with van der Waals surface area (Å²) in [6, 6.07) is 1.67. The number of hydrogen-bond donors (Lipinski definition) is 1. The van der Waals surface area contributed by atoms with Gasteiger partial charge in [0.25, 0.3) is 0 Å². The largest absolute Gasteiger partial charge is 0.368 e. The minimum absolute atomic E-state index is 0.167. The number of aromatic nitrogens is 4. The van der Waals surface area contributed by atoms with Crippen molar-refractivity contribution in [2.45, 2.75) is 6.92 Å². The molecular weight excluding hydrogens is 214 g/mol. The molecular formula is C9H10ClN5. The Morgan fingerprint density at radius 1 is 1.40 bits per heavy atom. The summed E-state index contributed by atoms with van der Waals surface area (Å²) in [5.41, 5.74) is 8.00. The lowest BCUT2D eigenvalue weighted by atomic mass is 10.2. The predicted octanol–water partition coefficient (Wildman–Crippen LogP) is 1.42. The number of hydrogen-bond acceptors (Lipinski definition) is 4. The fraction of sp³-hybridized carbons (Fsp3) is 0.222. The van der Waals surface area contributed by atoms with Crippen LogP contribution in [0.25, 0.3) is 11.3 Å². The van der Waals surface area contributed by atoms with Crippen LogP contribution in [-0.4, -0.2) is 19.7 Å². The Kier molecular flexibility index (Phi) is 2.32. The van der Waals surface area contributed by atoms with Crippen molar-refractivity contribution in [2.75, 3.05) is 5.73 Å². The molecule has 2 N–H and O–H groups in total. The molecule has 0 atom stereocenters. The van der Waals surface area contributed by atoms with E-state index in [0.717, 1.165) is 11.3 Å². The maximum Gasteiger partial charge on any atom is 0.221 e. The van der Waals surface area contributed by atoms with E-state index in [9.17, 15) is 0 Å². The molecule has 0 unspecified atom stereocenters. The first-order chi connectivity index (χ1) is 7.06. The van der Waals surface area contributed by atoms with Gasteiger partial charge in [0, 0.05) is 24.9 Å². The van der Waals surface area contributed by atoms with Gasteiger partial charge in [-0.25, -0.2) is 9.97 Å². The van der Waals surface area contributed by atoms with E-state index in [1.165, 1.54) is 0 Å². The van der Waals surface area contributed by atoms with Crippen LogP contribution in [0.2, 0.25) is 5.15 Å². The van der Waals surface area contributed by atoms with E-state index in [4.69, 9.17) is 17.3 Å². The summed E-state index contributed by atoms with van der Waals surface area (Å²) in [6.45, 7) is 1.90. The van der Waals surface area contributed by atoms with Crippen LogP contribution in [0.5, 0.6) is 0 Å². The van der Waals surface area contributed by atoms with Gasteiger partial charge in [0.15, 0.2) is 0 Å². The maximum absolute atomic E-state index is 5.80. The predicted molar refractivity (Wildman–Crippen MR) is 58.4 cm³/mol. The number of nitrogen functional groups attached to an aromatic ring is 1. The molecule has 15 heavy (non-hydrogen) atoms. The van der Waals surface area contributed by atoms with Crippen molar-refractivity contribution in [2.24, 2.45) is 7.05 Å². The van der Waals surface area contributed by atoms with Crippen LogP contribution in [0.3, 0.4) is 0 Å². The van der Waals surface area contributed by atoms with Crippen LogP contribution in [-0.2, 0) is 7.05 Å². The zero-order valence-electron chi connectivity index (χ0n) is 8.40. The zero-order valence-corrected chi connectivity index (χ0v) is 9.15. The maximum atomic E-state index is 5.80. The average Bonchev–Trinajstić information content (AvgIpc) is 2.43. The van der Waals surface area contributed by atoms with Crippen molar-refractivity contribution in [3.8, 4) is 11.3 Å². The zero-order chi connectivity index (χ0) is 11.0. The highest BCUT2D eigenvalue weighted by molar-refractivity contribution is 6.29. The van der Waals surface area contributed by atoms with Gasteiger partial charge in [0.1, 0.15) is 5.15 Å². The highest BCUT2D eigenvalue weighted by Gasteiger charge is 2.09. The summed E-state index contributed by atoms with van der Waals surface area (Å²) in [5, 5.41) is 4.55. The lowest BCUT2D eigenvalue weighted by Gasteiger charge is -2.00. The Hall–Kier alpha value is -1.62. The second-order valence-corrected chi connectivity index (χ2v) is 3.62. The van der Waals surface area contributed by atoms with Crippen LogP contribution in [0.1, 0.15) is 5.69 Å². The molecule has 0 fully saturated rings. The van der Waals surface area contributed by atoms with Gasteiger partial charge < -0.3 is 5.73 Å². The molecule has 78 valence electrons. The molecule has 0 saturated carbocycles. The molecule has 0 aliphatic carbocycles. The molecule has 0 saturated heterocycles. The molecule has 6 heteroatoms. The van der Waals surface area contributed by atoms with E-state index in [1.807, 2.05) is 20.2 Å². The topological polar surface area (TPSA) is 69.6 Å². The molecule has 0 aliphatic rings. The quantitative estimate of drug-likeness (QED) is 0.743. The Labute approximate surface area is 91.9 Å². The summed E-state index contributed by atoms with van der Waals surface area (Å²) in [5.74, 6) is 0.167. The molecule has 2 heterocycles. The van der Waals surface area contributed by atoms with Crippen LogP contribution >= 0.6 is 11.6 Å². The lowest BCUT2D eigenvalue weighted by Crippen LogP contribution is -1.96. The lowest BCUT2D eigenvalue weighted by molar-refractivity contribution is 0.756. The SMILES string of the molecule is Cc1nn(C)cc1-c1cc(Cl)nc(N)n1. The van der Waals surface area contributed by atoms with Gasteiger partial charge in [0.2, 0.25) is 5.95 Å². The number of nitrogens with zero attached hydrogens (tertiary/aromatic N) is 4. The Morgan fingerprint density at radius 3 is 2.67 bits per heavy atom. The molecule has 0 aromatic carbocycles. The number of nitrogens with two attached hydrogens (primary N) is 1. The van der Waals surface area contributed by atoms with E-state index >= 15 is 0 Å². The van der Waals surface area contributed by atoms with Gasteiger partial charge in [-0.2, -0.15) is 5.10 Å². The van der Waals surface area contributed by atoms with Gasteiger partial charge in [-0.15, -0.1) is 0 Å². The van der Waals surface area contributed by atoms with Gasteiger partial charge in [-0.3, -0.25) is 4.68 Å². The van der Waals surface area contributed by atoms with Crippen molar-refractivity contribution in [3.63, 3.8) is 0 Å². The van der Waals surface area contributed by atoms with Gasteiger partial charge >= 0.3 is 0 Å². The minimum atomic E-state index is 0.167. The smallest absolute Gasteiger partial charge is 0.221 e. The standard InChI is InChI=1S/C9H10ClN5/c1-5-6(4-15(2)14-5)7-3-8(10)13-9(11)12-7/h3-4H,1-2H3,(H2,11,12,13). The monoisotopic (exact) mass is 223 g/mol. The first-order valence-electron chi connectivity index (χ1n) is 4.37. The van der Waals surface area contributed by atoms with Crippen LogP contribution < -0.4 is 5.73 Å². The normalized spacial score (nSPS) is 10.6. The molecule has 2 aromatic rings. The van der Waals surface area contributed by atoms with Crippen molar-refractivity contribution in [1.82, 2.24) is 19.7 Å². The Balaban J connectivity index is 2.58. The van der Waals surface area contributed by atoms with E-state index in [-0.39, 0.29) is 5.95 Å². The highest BCUT2D eigenvalue weighted by Crippen LogP contribution is 2.22. The van der Waals surface area contributed by atoms with Crippen LogP contribution in [0, 0.1) is 6.92 Å². The Bertz CT molecular complexity index is 485. The molecule has 5 nitrogen and oxygen atoms in total. The number of aryl methyl sites for hydroxylation is 2. The molecule has 2 aromatic heterocycles. The van der Waals surface area contributed by atoms with Crippen molar-refractivity contribution >= 4 is 17.5 Å². The first-order valence-corrected chi connectivity index (χ1v) is 4.75. The minimum Gasteiger partial charge on any atom is -0.368 e. The molecule has 2 rings (SSSR count). The third-order valence-electron chi connectivity index (χ3n) is 2.00. The van der Waals surface area contributed by atoms with Crippen molar-refractivity contribution in [1.29, 1.82) is 0 Å². The fourth-order valence-corrected chi connectivity index (χ4v) is 1.61. The molecule has 0 radical (unpaired) electrons. The summed E-state index contributed by atoms with van der Waals surface area (Å²) in [7, 11) is 1.85. The first kappa shape index (κ1) is 9.92. The fourth-order valence-electron chi connectivity index (χ4n) is 1.42. The van der Waals surface area contributed by atoms with Gasteiger partial charge in [-0.1, -0.05) is 11.6 Å². The van der Waals surface area contributed by atoms with E-state index in [0.29, 0.717) is 10.8 Å². The summed E-state index contributed by atoms with van der Waals surface area (Å²) in [4.78, 5) is 7.91. The van der Waals surface area contributed by atoms with Gasteiger partial charge in [-0.05, 0) is 6.92 Å². The van der Waals surface area contributed by atoms with E-state index < -0.39 is 0 Å². The second kappa shape index (κ2) is 3.51. The number of rotatable bonds is 1.